The Labute approximate surface area is 137 Å². The lowest BCUT2D eigenvalue weighted by Crippen LogP contribution is -2.34. The normalized spacial score (nSPS) is 17.2. The van der Waals surface area contributed by atoms with Crippen molar-refractivity contribution in [2.75, 3.05) is 0 Å². The number of halogens is 3. The largest absolute Gasteiger partial charge is 0.573 e. The van der Waals surface area contributed by atoms with E-state index in [9.17, 15) is 13.2 Å². The first-order valence-corrected chi connectivity index (χ1v) is 7.81. The standard InChI is InChI=1S/C16H18F3N3O2/c17-16(18,19)23-12-6-2-1-5-11(12)7-8-13-21-14(22-24-13)15(20)9-3-4-10-15/h1-2,5-6H,3-4,7-10,20H2. The highest BCUT2D eigenvalue weighted by Gasteiger charge is 2.36. The minimum Gasteiger partial charge on any atom is -0.406 e. The molecule has 1 aromatic heterocycles. The molecule has 0 bridgehead atoms. The monoisotopic (exact) mass is 341 g/mol. The molecule has 1 heterocycles. The van der Waals surface area contributed by atoms with Crippen LogP contribution in [0.2, 0.25) is 0 Å². The summed E-state index contributed by atoms with van der Waals surface area (Å²) >= 11 is 0. The van der Waals surface area contributed by atoms with E-state index in [-0.39, 0.29) is 5.75 Å². The number of alkyl halides is 3. The number of hydrogen-bond donors (Lipinski definition) is 1. The van der Waals surface area contributed by atoms with Crippen LogP contribution in [0.5, 0.6) is 5.75 Å². The summed E-state index contributed by atoms with van der Waals surface area (Å²) in [5.74, 6) is 0.634. The maximum absolute atomic E-state index is 12.4. The number of benzene rings is 1. The average molecular weight is 341 g/mol. The van der Waals surface area contributed by atoms with Gasteiger partial charge in [-0.3, -0.25) is 0 Å². The Kier molecular flexibility index (Phi) is 4.49. The summed E-state index contributed by atoms with van der Waals surface area (Å²) in [4.78, 5) is 4.32. The van der Waals surface area contributed by atoms with E-state index in [0.29, 0.717) is 30.1 Å². The molecule has 1 aromatic carbocycles. The third-order valence-electron chi connectivity index (χ3n) is 4.22. The van der Waals surface area contributed by atoms with Crippen molar-refractivity contribution < 1.29 is 22.4 Å². The quantitative estimate of drug-likeness (QED) is 0.901. The van der Waals surface area contributed by atoms with Gasteiger partial charge >= 0.3 is 6.36 Å². The second kappa shape index (κ2) is 6.43. The number of para-hydroxylation sites is 1. The highest BCUT2D eigenvalue weighted by molar-refractivity contribution is 5.33. The lowest BCUT2D eigenvalue weighted by atomic mass is 9.99. The molecule has 2 N–H and O–H groups in total. The van der Waals surface area contributed by atoms with Gasteiger partial charge in [0.15, 0.2) is 5.82 Å². The van der Waals surface area contributed by atoms with Gasteiger partial charge in [0.2, 0.25) is 5.89 Å². The summed E-state index contributed by atoms with van der Waals surface area (Å²) in [5, 5.41) is 3.94. The van der Waals surface area contributed by atoms with Crippen LogP contribution in [0.15, 0.2) is 28.8 Å². The molecule has 1 aliphatic carbocycles. The van der Waals surface area contributed by atoms with E-state index >= 15 is 0 Å². The van der Waals surface area contributed by atoms with Crippen LogP contribution < -0.4 is 10.5 Å². The van der Waals surface area contributed by atoms with Crippen molar-refractivity contribution in [3.05, 3.63) is 41.5 Å². The van der Waals surface area contributed by atoms with E-state index in [1.807, 2.05) is 0 Å². The van der Waals surface area contributed by atoms with Gasteiger partial charge in [-0.2, -0.15) is 4.98 Å². The maximum atomic E-state index is 12.4. The zero-order valence-corrected chi connectivity index (χ0v) is 13.0. The molecular weight excluding hydrogens is 323 g/mol. The molecule has 5 nitrogen and oxygen atoms in total. The van der Waals surface area contributed by atoms with E-state index in [1.165, 1.54) is 12.1 Å². The van der Waals surface area contributed by atoms with Crippen molar-refractivity contribution in [3.8, 4) is 5.75 Å². The second-order valence-electron chi connectivity index (χ2n) is 6.03. The fourth-order valence-electron chi connectivity index (χ4n) is 2.96. The fourth-order valence-corrected chi connectivity index (χ4v) is 2.96. The Morgan fingerprint density at radius 1 is 1.17 bits per heavy atom. The summed E-state index contributed by atoms with van der Waals surface area (Å²) in [7, 11) is 0. The number of rotatable bonds is 5. The minimum absolute atomic E-state index is 0.212. The van der Waals surface area contributed by atoms with Crippen molar-refractivity contribution in [3.63, 3.8) is 0 Å². The zero-order chi connectivity index (χ0) is 17.2. The van der Waals surface area contributed by atoms with E-state index in [2.05, 4.69) is 14.9 Å². The molecule has 0 spiro atoms. The predicted octanol–water partition coefficient (Wildman–Crippen LogP) is 3.48. The van der Waals surface area contributed by atoms with E-state index in [1.54, 1.807) is 12.1 Å². The van der Waals surface area contributed by atoms with Gasteiger partial charge < -0.3 is 15.0 Å². The van der Waals surface area contributed by atoms with Crippen molar-refractivity contribution in [2.45, 2.75) is 50.4 Å². The summed E-state index contributed by atoms with van der Waals surface area (Å²) in [6, 6.07) is 6.02. The van der Waals surface area contributed by atoms with Crippen LogP contribution in [-0.4, -0.2) is 16.5 Å². The Morgan fingerprint density at radius 3 is 2.58 bits per heavy atom. The lowest BCUT2D eigenvalue weighted by Gasteiger charge is -2.17. The number of aromatic nitrogens is 2. The summed E-state index contributed by atoms with van der Waals surface area (Å²) in [6.07, 6.45) is -0.414. The van der Waals surface area contributed by atoms with Crippen LogP contribution in [-0.2, 0) is 18.4 Å². The van der Waals surface area contributed by atoms with Gasteiger partial charge in [0.1, 0.15) is 5.75 Å². The number of nitrogens with two attached hydrogens (primary N) is 1. The van der Waals surface area contributed by atoms with Crippen LogP contribution in [0.3, 0.4) is 0 Å². The van der Waals surface area contributed by atoms with E-state index in [4.69, 9.17) is 10.3 Å². The minimum atomic E-state index is -4.72. The maximum Gasteiger partial charge on any atom is 0.573 e. The third-order valence-corrected chi connectivity index (χ3v) is 4.22. The van der Waals surface area contributed by atoms with Gasteiger partial charge in [-0.25, -0.2) is 0 Å². The first kappa shape index (κ1) is 16.8. The topological polar surface area (TPSA) is 74.2 Å². The predicted molar refractivity (Wildman–Crippen MR) is 79.2 cm³/mol. The van der Waals surface area contributed by atoms with E-state index < -0.39 is 11.9 Å². The molecule has 24 heavy (non-hydrogen) atoms. The molecule has 3 rings (SSSR count). The summed E-state index contributed by atoms with van der Waals surface area (Å²) in [6.45, 7) is 0. The molecule has 0 amide bonds. The summed E-state index contributed by atoms with van der Waals surface area (Å²) < 4.78 is 46.5. The van der Waals surface area contributed by atoms with Crippen molar-refractivity contribution in [1.29, 1.82) is 0 Å². The molecule has 0 radical (unpaired) electrons. The molecule has 0 saturated heterocycles. The highest BCUT2D eigenvalue weighted by atomic mass is 19.4. The molecule has 0 aliphatic heterocycles. The van der Waals surface area contributed by atoms with Crippen LogP contribution in [0.25, 0.3) is 0 Å². The molecule has 1 saturated carbocycles. The Morgan fingerprint density at radius 2 is 1.88 bits per heavy atom. The molecule has 2 aromatic rings. The van der Waals surface area contributed by atoms with Gasteiger partial charge in [0.05, 0.1) is 5.54 Å². The van der Waals surface area contributed by atoms with Crippen molar-refractivity contribution >= 4 is 0 Å². The zero-order valence-electron chi connectivity index (χ0n) is 13.0. The van der Waals surface area contributed by atoms with Gasteiger partial charge in [-0.1, -0.05) is 36.2 Å². The number of hydrogen-bond acceptors (Lipinski definition) is 5. The molecule has 1 fully saturated rings. The Bertz CT molecular complexity index is 694. The molecule has 8 heteroatoms. The first-order chi connectivity index (χ1) is 11.4. The number of nitrogens with zero attached hydrogens (tertiary/aromatic N) is 2. The van der Waals surface area contributed by atoms with Crippen LogP contribution in [0.4, 0.5) is 13.2 Å². The first-order valence-electron chi connectivity index (χ1n) is 7.81. The lowest BCUT2D eigenvalue weighted by molar-refractivity contribution is -0.274. The number of ether oxygens (including phenoxy) is 1. The van der Waals surface area contributed by atoms with Gasteiger partial charge in [-0.15, -0.1) is 13.2 Å². The van der Waals surface area contributed by atoms with Crippen LogP contribution in [0.1, 0.15) is 43.0 Å². The molecule has 130 valence electrons. The van der Waals surface area contributed by atoms with Crippen molar-refractivity contribution in [2.24, 2.45) is 5.73 Å². The molecule has 1 aliphatic rings. The summed E-state index contributed by atoms with van der Waals surface area (Å²) in [5.41, 5.74) is 6.15. The van der Waals surface area contributed by atoms with Gasteiger partial charge in [0, 0.05) is 6.42 Å². The Balaban J connectivity index is 1.67. The fraction of sp³-hybridized carbons (Fsp3) is 0.500. The number of aryl methyl sites for hydroxylation is 2. The van der Waals surface area contributed by atoms with Crippen LogP contribution >= 0.6 is 0 Å². The highest BCUT2D eigenvalue weighted by Crippen LogP contribution is 2.34. The Hall–Kier alpha value is -2.09. The molecule has 0 unspecified atom stereocenters. The van der Waals surface area contributed by atoms with Crippen LogP contribution in [0, 0.1) is 0 Å². The average Bonchev–Trinajstić information content (AvgIpc) is 3.15. The van der Waals surface area contributed by atoms with Gasteiger partial charge in [0.25, 0.3) is 0 Å². The van der Waals surface area contributed by atoms with Gasteiger partial charge in [-0.05, 0) is 30.9 Å². The van der Waals surface area contributed by atoms with Crippen molar-refractivity contribution in [1.82, 2.24) is 10.1 Å². The molecule has 0 atom stereocenters. The smallest absolute Gasteiger partial charge is 0.406 e. The third kappa shape index (κ3) is 3.87. The second-order valence-corrected chi connectivity index (χ2v) is 6.03. The van der Waals surface area contributed by atoms with E-state index in [0.717, 1.165) is 25.7 Å². The SMILES string of the molecule is NC1(c2noc(CCc3ccccc3OC(F)(F)F)n2)CCCC1. The molecular formula is C16H18F3N3O2.